The lowest BCUT2D eigenvalue weighted by Crippen LogP contribution is -2.38. The molecule has 2 aromatic rings. The number of aryl methyl sites for hydroxylation is 1. The van der Waals surface area contributed by atoms with Crippen LogP contribution in [-0.2, 0) is 15.1 Å². The molecule has 2 N–H and O–H groups in total. The smallest absolute Gasteiger partial charge is 0.216 e. The summed E-state index contributed by atoms with van der Waals surface area (Å²) in [5.41, 5.74) is 2.75. The van der Waals surface area contributed by atoms with Crippen LogP contribution in [0.1, 0.15) is 77.6 Å². The van der Waals surface area contributed by atoms with Gasteiger partial charge in [-0.2, -0.15) is 0 Å². The quantitative estimate of drug-likeness (QED) is 0.452. The number of amides is 1. The van der Waals surface area contributed by atoms with Crippen LogP contribution in [0.3, 0.4) is 0 Å². The van der Waals surface area contributed by atoms with Gasteiger partial charge in [-0.3, -0.25) is 4.79 Å². The van der Waals surface area contributed by atoms with Crippen molar-refractivity contribution < 1.29 is 23.0 Å². The SMILES string of the molecule is CC.CC(=O)NCCCNC1COC(C)(C)c2ccc(OC(C)C)cc21.Cc1cc(F)cc(F)c1. The number of ether oxygens (including phenoxy) is 2. The van der Waals surface area contributed by atoms with Gasteiger partial charge in [-0.05, 0) is 88.5 Å². The van der Waals surface area contributed by atoms with E-state index in [2.05, 4.69) is 36.6 Å². The topological polar surface area (TPSA) is 59.6 Å². The molecule has 35 heavy (non-hydrogen) atoms. The molecule has 2 aromatic carbocycles. The van der Waals surface area contributed by atoms with Crippen LogP contribution in [-0.4, -0.2) is 31.7 Å². The molecule has 0 aliphatic carbocycles. The molecular weight excluding hydrogens is 450 g/mol. The van der Waals surface area contributed by atoms with E-state index in [0.29, 0.717) is 18.7 Å². The highest BCUT2D eigenvalue weighted by atomic mass is 19.1. The van der Waals surface area contributed by atoms with Crippen LogP contribution in [0.4, 0.5) is 8.78 Å². The minimum Gasteiger partial charge on any atom is -0.491 e. The summed E-state index contributed by atoms with van der Waals surface area (Å²) >= 11 is 0. The largest absolute Gasteiger partial charge is 0.491 e. The highest BCUT2D eigenvalue weighted by Gasteiger charge is 2.33. The molecule has 0 aromatic heterocycles. The summed E-state index contributed by atoms with van der Waals surface area (Å²) in [6, 6.07) is 9.81. The maximum absolute atomic E-state index is 12.2. The van der Waals surface area contributed by atoms with E-state index in [4.69, 9.17) is 9.47 Å². The molecule has 7 heteroatoms. The third kappa shape index (κ3) is 10.7. The number of carbonyl (C=O) groups excluding carboxylic acids is 1. The molecule has 0 bridgehead atoms. The molecule has 0 spiro atoms. The summed E-state index contributed by atoms with van der Waals surface area (Å²) in [6.07, 6.45) is 1.04. The fraction of sp³-hybridized carbons (Fsp3) is 0.536. The summed E-state index contributed by atoms with van der Waals surface area (Å²) < 4.78 is 36.3. The van der Waals surface area contributed by atoms with Crippen LogP contribution >= 0.6 is 0 Å². The fourth-order valence-electron chi connectivity index (χ4n) is 3.67. The molecule has 1 heterocycles. The van der Waals surface area contributed by atoms with Gasteiger partial charge in [0.25, 0.3) is 0 Å². The Kier molecular flexibility index (Phi) is 12.9. The Morgan fingerprint density at radius 1 is 1.11 bits per heavy atom. The summed E-state index contributed by atoms with van der Waals surface area (Å²) in [4.78, 5) is 10.9. The second kappa shape index (κ2) is 14.8. The van der Waals surface area contributed by atoms with Crippen molar-refractivity contribution in [3.8, 4) is 5.75 Å². The standard InChI is InChI=1S/C19H30N2O3.C7H6F2.C2H6/c1-13(2)24-15-7-8-17-16(11-15)18(12-23-19(17,4)5)21-10-6-9-20-14(3)22;1-5-2-6(8)4-7(9)3-5;1-2/h7-8,11,13,18,21H,6,9-10,12H2,1-5H3,(H,20,22);2-4H,1H3;1-2H3. The van der Waals surface area contributed by atoms with E-state index < -0.39 is 11.6 Å². The zero-order valence-corrected chi connectivity index (χ0v) is 22.4. The van der Waals surface area contributed by atoms with Gasteiger partial charge in [-0.1, -0.05) is 19.9 Å². The number of fused-ring (bicyclic) bond motifs is 1. The van der Waals surface area contributed by atoms with Gasteiger partial charge in [0, 0.05) is 19.5 Å². The number of rotatable bonds is 7. The van der Waals surface area contributed by atoms with Crippen molar-refractivity contribution in [3.63, 3.8) is 0 Å². The third-order valence-corrected chi connectivity index (χ3v) is 5.15. The lowest BCUT2D eigenvalue weighted by atomic mass is 9.86. The molecule has 1 amide bonds. The highest BCUT2D eigenvalue weighted by Crippen LogP contribution is 2.38. The summed E-state index contributed by atoms with van der Waals surface area (Å²) in [5.74, 6) is -0.134. The Morgan fingerprint density at radius 2 is 1.74 bits per heavy atom. The first-order chi connectivity index (χ1) is 16.5. The molecule has 0 fully saturated rings. The van der Waals surface area contributed by atoms with Gasteiger partial charge >= 0.3 is 0 Å². The third-order valence-electron chi connectivity index (χ3n) is 5.15. The summed E-state index contributed by atoms with van der Waals surface area (Å²) in [6.45, 7) is 17.6. The van der Waals surface area contributed by atoms with Crippen molar-refractivity contribution in [2.75, 3.05) is 19.7 Å². The number of nitrogens with one attached hydrogen (secondary N) is 2. The van der Waals surface area contributed by atoms with Gasteiger partial charge < -0.3 is 20.1 Å². The van der Waals surface area contributed by atoms with Crippen LogP contribution in [0, 0.1) is 18.6 Å². The second-order valence-electron chi connectivity index (χ2n) is 9.03. The van der Waals surface area contributed by atoms with Gasteiger partial charge in [-0.25, -0.2) is 8.78 Å². The Bertz CT molecular complexity index is 882. The minimum atomic E-state index is -0.521. The Labute approximate surface area is 209 Å². The predicted molar refractivity (Wildman–Crippen MR) is 138 cm³/mol. The van der Waals surface area contributed by atoms with Gasteiger partial charge in [0.05, 0.1) is 24.4 Å². The van der Waals surface area contributed by atoms with Gasteiger partial charge in [0.2, 0.25) is 5.91 Å². The molecular formula is C28H42F2N2O3. The summed E-state index contributed by atoms with van der Waals surface area (Å²) in [7, 11) is 0. The van der Waals surface area contributed by atoms with Gasteiger partial charge in [-0.15, -0.1) is 0 Å². The van der Waals surface area contributed by atoms with Crippen LogP contribution in [0.25, 0.3) is 0 Å². The number of halogens is 2. The normalized spacial score (nSPS) is 15.7. The minimum absolute atomic E-state index is 0.0126. The number of hydrogen-bond donors (Lipinski definition) is 2. The van der Waals surface area contributed by atoms with Crippen molar-refractivity contribution >= 4 is 5.91 Å². The first-order valence-corrected chi connectivity index (χ1v) is 12.3. The summed E-state index contributed by atoms with van der Waals surface area (Å²) in [5, 5.41) is 6.35. The van der Waals surface area contributed by atoms with Crippen LogP contribution in [0.5, 0.6) is 5.75 Å². The van der Waals surface area contributed by atoms with E-state index in [1.54, 1.807) is 6.92 Å². The maximum atomic E-state index is 12.2. The van der Waals surface area contributed by atoms with E-state index in [0.717, 1.165) is 24.8 Å². The highest BCUT2D eigenvalue weighted by molar-refractivity contribution is 5.72. The molecule has 1 unspecified atom stereocenters. The lowest BCUT2D eigenvalue weighted by Gasteiger charge is -2.38. The lowest BCUT2D eigenvalue weighted by molar-refractivity contribution is -0.118. The number of carbonyl (C=O) groups is 1. The van der Waals surface area contributed by atoms with Crippen molar-refractivity contribution in [1.82, 2.24) is 10.6 Å². The van der Waals surface area contributed by atoms with Gasteiger partial charge in [0.15, 0.2) is 0 Å². The first-order valence-electron chi connectivity index (χ1n) is 12.3. The molecule has 196 valence electrons. The maximum Gasteiger partial charge on any atom is 0.216 e. The monoisotopic (exact) mass is 492 g/mol. The van der Waals surface area contributed by atoms with E-state index in [-0.39, 0.29) is 23.7 Å². The Morgan fingerprint density at radius 3 is 2.29 bits per heavy atom. The molecule has 1 atom stereocenters. The zero-order valence-electron chi connectivity index (χ0n) is 22.4. The number of hydrogen-bond acceptors (Lipinski definition) is 4. The second-order valence-corrected chi connectivity index (χ2v) is 9.03. The Hall–Kier alpha value is -2.51. The molecule has 0 radical (unpaired) electrons. The van der Waals surface area contributed by atoms with Crippen molar-refractivity contribution in [2.24, 2.45) is 0 Å². The first kappa shape index (κ1) is 30.5. The van der Waals surface area contributed by atoms with E-state index in [9.17, 15) is 13.6 Å². The van der Waals surface area contributed by atoms with E-state index in [1.807, 2.05) is 33.8 Å². The van der Waals surface area contributed by atoms with E-state index in [1.165, 1.54) is 30.2 Å². The Balaban J connectivity index is 0.000000464. The molecule has 3 rings (SSSR count). The van der Waals surface area contributed by atoms with Crippen molar-refractivity contribution in [3.05, 3.63) is 64.7 Å². The van der Waals surface area contributed by atoms with Crippen molar-refractivity contribution in [1.29, 1.82) is 0 Å². The average molecular weight is 493 g/mol. The molecule has 1 aliphatic heterocycles. The molecule has 5 nitrogen and oxygen atoms in total. The fourth-order valence-corrected chi connectivity index (χ4v) is 3.67. The molecule has 0 saturated carbocycles. The number of benzene rings is 2. The molecule has 1 aliphatic rings. The van der Waals surface area contributed by atoms with Crippen molar-refractivity contribution in [2.45, 2.75) is 79.6 Å². The predicted octanol–water partition coefficient (Wildman–Crippen LogP) is 6.20. The molecule has 0 saturated heterocycles. The van der Waals surface area contributed by atoms with Crippen LogP contribution < -0.4 is 15.4 Å². The average Bonchev–Trinajstić information content (AvgIpc) is 2.75. The van der Waals surface area contributed by atoms with E-state index >= 15 is 0 Å². The van der Waals surface area contributed by atoms with Crippen LogP contribution in [0.15, 0.2) is 36.4 Å². The van der Waals surface area contributed by atoms with Gasteiger partial charge in [0.1, 0.15) is 17.4 Å². The van der Waals surface area contributed by atoms with Crippen LogP contribution in [0.2, 0.25) is 0 Å². The zero-order chi connectivity index (χ0) is 26.6.